The van der Waals surface area contributed by atoms with Crippen molar-refractivity contribution in [1.29, 1.82) is 0 Å². The lowest BCUT2D eigenvalue weighted by Crippen LogP contribution is -2.23. The number of allylic oxidation sites excluding steroid dienone is 1. The quantitative estimate of drug-likeness (QED) is 0.582. The maximum absolute atomic E-state index is 3.86. The molecule has 0 amide bonds. The van der Waals surface area contributed by atoms with Crippen LogP contribution in [-0.4, -0.2) is 0 Å². The van der Waals surface area contributed by atoms with Crippen LogP contribution in [0.2, 0.25) is 0 Å². The minimum absolute atomic E-state index is 0.961. The fourth-order valence-electron chi connectivity index (χ4n) is 3.49. The summed E-state index contributed by atoms with van der Waals surface area (Å²) < 4.78 is 0. The summed E-state index contributed by atoms with van der Waals surface area (Å²) in [6.45, 7) is 3.86. The summed E-state index contributed by atoms with van der Waals surface area (Å²) >= 11 is 0. The van der Waals surface area contributed by atoms with E-state index in [9.17, 15) is 0 Å². The number of rotatable bonds is 3. The molecule has 0 aliphatic heterocycles. The third kappa shape index (κ3) is 3.09. The molecule has 0 heteroatoms. The lowest BCUT2D eigenvalue weighted by Gasteiger charge is -2.35. The minimum atomic E-state index is 0.961. The summed E-state index contributed by atoms with van der Waals surface area (Å²) in [5.74, 6) is 2.97. The predicted octanol–water partition coefficient (Wildman–Crippen LogP) is 4.76. The SMILES string of the molecule is C=CCC1CCC(C2[CH]CCCC2)CC1. The van der Waals surface area contributed by atoms with E-state index >= 15 is 0 Å². The Morgan fingerprint density at radius 3 is 2.47 bits per heavy atom. The van der Waals surface area contributed by atoms with E-state index in [0.717, 1.165) is 17.8 Å². The van der Waals surface area contributed by atoms with E-state index in [0.29, 0.717) is 0 Å². The van der Waals surface area contributed by atoms with Crippen LogP contribution < -0.4 is 0 Å². The molecule has 0 saturated heterocycles. The first-order chi connectivity index (χ1) is 7.40. The smallest absolute Gasteiger partial charge is 0.0325 e. The monoisotopic (exact) mass is 205 g/mol. The molecule has 85 valence electrons. The maximum Gasteiger partial charge on any atom is -0.0325 e. The van der Waals surface area contributed by atoms with Gasteiger partial charge in [0.05, 0.1) is 0 Å². The van der Waals surface area contributed by atoms with Crippen molar-refractivity contribution in [2.24, 2.45) is 17.8 Å². The zero-order chi connectivity index (χ0) is 10.5. The second kappa shape index (κ2) is 5.72. The van der Waals surface area contributed by atoms with Gasteiger partial charge in [-0.2, -0.15) is 0 Å². The molecular weight excluding hydrogens is 180 g/mol. The molecule has 0 bridgehead atoms. The average molecular weight is 205 g/mol. The summed E-state index contributed by atoms with van der Waals surface area (Å²) in [4.78, 5) is 0. The van der Waals surface area contributed by atoms with E-state index in [-0.39, 0.29) is 0 Å². The molecule has 0 nitrogen and oxygen atoms in total. The van der Waals surface area contributed by atoms with Crippen LogP contribution in [0.3, 0.4) is 0 Å². The van der Waals surface area contributed by atoms with Gasteiger partial charge >= 0.3 is 0 Å². The van der Waals surface area contributed by atoms with Crippen molar-refractivity contribution in [3.63, 3.8) is 0 Å². The van der Waals surface area contributed by atoms with Crippen molar-refractivity contribution in [2.75, 3.05) is 0 Å². The maximum atomic E-state index is 3.86. The lowest BCUT2D eigenvalue weighted by atomic mass is 9.70. The number of hydrogen-bond acceptors (Lipinski definition) is 0. The first kappa shape index (κ1) is 11.2. The Balaban J connectivity index is 1.74. The lowest BCUT2D eigenvalue weighted by molar-refractivity contribution is 0.200. The van der Waals surface area contributed by atoms with Crippen molar-refractivity contribution in [1.82, 2.24) is 0 Å². The zero-order valence-corrected chi connectivity index (χ0v) is 9.96. The molecule has 0 aromatic carbocycles. The minimum Gasteiger partial charge on any atom is -0.103 e. The molecule has 0 aromatic heterocycles. The van der Waals surface area contributed by atoms with E-state index in [1.54, 1.807) is 0 Å². The molecule has 2 aliphatic rings. The van der Waals surface area contributed by atoms with E-state index in [4.69, 9.17) is 0 Å². The summed E-state index contributed by atoms with van der Waals surface area (Å²) in [6, 6.07) is 0. The standard InChI is InChI=1S/C15H25/c1-2-6-13-9-11-15(12-10-13)14-7-4-3-5-8-14/h2,7,13-15H,1,3-6,8-12H2. The van der Waals surface area contributed by atoms with Gasteiger partial charge in [0.2, 0.25) is 0 Å². The van der Waals surface area contributed by atoms with Crippen molar-refractivity contribution >= 4 is 0 Å². The molecule has 1 unspecified atom stereocenters. The van der Waals surface area contributed by atoms with Gasteiger partial charge in [-0.05, 0) is 69.1 Å². The van der Waals surface area contributed by atoms with Gasteiger partial charge in [-0.25, -0.2) is 0 Å². The third-order valence-corrected chi connectivity index (χ3v) is 4.46. The second-order valence-corrected chi connectivity index (χ2v) is 5.49. The van der Waals surface area contributed by atoms with E-state index in [1.807, 2.05) is 0 Å². The highest BCUT2D eigenvalue weighted by Gasteiger charge is 2.27. The van der Waals surface area contributed by atoms with Crippen LogP contribution in [0.25, 0.3) is 0 Å². The summed E-state index contributed by atoms with van der Waals surface area (Å²) in [5, 5.41) is 0. The average Bonchev–Trinajstić information content (AvgIpc) is 2.32. The van der Waals surface area contributed by atoms with Crippen LogP contribution in [0.1, 0.15) is 57.8 Å². The van der Waals surface area contributed by atoms with Gasteiger partial charge in [0, 0.05) is 0 Å². The van der Waals surface area contributed by atoms with Gasteiger partial charge in [-0.1, -0.05) is 18.9 Å². The first-order valence-corrected chi connectivity index (χ1v) is 6.84. The van der Waals surface area contributed by atoms with Crippen LogP contribution >= 0.6 is 0 Å². The Morgan fingerprint density at radius 2 is 1.87 bits per heavy atom. The summed E-state index contributed by atoms with van der Waals surface area (Å²) in [5.41, 5.74) is 0. The van der Waals surface area contributed by atoms with Crippen LogP contribution in [0.4, 0.5) is 0 Å². The second-order valence-electron chi connectivity index (χ2n) is 5.49. The van der Waals surface area contributed by atoms with Gasteiger partial charge in [-0.3, -0.25) is 0 Å². The fraction of sp³-hybridized carbons (Fsp3) is 0.800. The van der Waals surface area contributed by atoms with Crippen LogP contribution in [0, 0.1) is 24.2 Å². The van der Waals surface area contributed by atoms with Crippen molar-refractivity contribution in [3.05, 3.63) is 19.1 Å². The third-order valence-electron chi connectivity index (χ3n) is 4.46. The molecule has 0 spiro atoms. The fourth-order valence-corrected chi connectivity index (χ4v) is 3.49. The van der Waals surface area contributed by atoms with Gasteiger partial charge in [0.1, 0.15) is 0 Å². The van der Waals surface area contributed by atoms with Crippen LogP contribution in [-0.2, 0) is 0 Å². The first-order valence-electron chi connectivity index (χ1n) is 6.84. The Bertz CT molecular complexity index is 180. The molecule has 0 aromatic rings. The molecule has 1 radical (unpaired) electrons. The molecule has 2 rings (SSSR count). The molecular formula is C15H25. The predicted molar refractivity (Wildman–Crippen MR) is 66.5 cm³/mol. The van der Waals surface area contributed by atoms with Gasteiger partial charge in [-0.15, -0.1) is 6.58 Å². The highest BCUT2D eigenvalue weighted by atomic mass is 14.3. The van der Waals surface area contributed by atoms with E-state index < -0.39 is 0 Å². The van der Waals surface area contributed by atoms with E-state index in [2.05, 4.69) is 19.1 Å². The van der Waals surface area contributed by atoms with Crippen molar-refractivity contribution in [3.8, 4) is 0 Å². The molecule has 2 saturated carbocycles. The highest BCUT2D eigenvalue weighted by molar-refractivity contribution is 4.89. The molecule has 2 fully saturated rings. The molecule has 2 aliphatic carbocycles. The van der Waals surface area contributed by atoms with E-state index in [1.165, 1.54) is 57.8 Å². The zero-order valence-electron chi connectivity index (χ0n) is 9.96. The van der Waals surface area contributed by atoms with Crippen LogP contribution in [0.5, 0.6) is 0 Å². The Morgan fingerprint density at radius 1 is 1.07 bits per heavy atom. The molecule has 15 heavy (non-hydrogen) atoms. The van der Waals surface area contributed by atoms with Gasteiger partial charge < -0.3 is 0 Å². The molecule has 0 heterocycles. The largest absolute Gasteiger partial charge is 0.103 e. The Labute approximate surface area is 95.1 Å². The molecule has 1 atom stereocenters. The highest BCUT2D eigenvalue weighted by Crippen LogP contribution is 2.40. The topological polar surface area (TPSA) is 0 Å². The summed E-state index contributed by atoms with van der Waals surface area (Å²) in [6.07, 6.45) is 17.7. The van der Waals surface area contributed by atoms with Crippen molar-refractivity contribution in [2.45, 2.75) is 57.8 Å². The van der Waals surface area contributed by atoms with Gasteiger partial charge in [0.15, 0.2) is 0 Å². The van der Waals surface area contributed by atoms with Gasteiger partial charge in [0.25, 0.3) is 0 Å². The number of hydrogen-bond donors (Lipinski definition) is 0. The molecule has 0 N–H and O–H groups in total. The summed E-state index contributed by atoms with van der Waals surface area (Å²) in [7, 11) is 0. The van der Waals surface area contributed by atoms with Crippen molar-refractivity contribution < 1.29 is 0 Å². The normalized spacial score (nSPS) is 33.9. The van der Waals surface area contributed by atoms with Crippen LogP contribution in [0.15, 0.2) is 12.7 Å². The Hall–Kier alpha value is -0.260. The Kier molecular flexibility index (Phi) is 4.29.